The molecule has 1 aliphatic heterocycles. The molecule has 9 heteroatoms. The zero-order valence-electron chi connectivity index (χ0n) is 17.8. The van der Waals surface area contributed by atoms with Crippen molar-refractivity contribution in [3.8, 4) is 11.3 Å². The molecule has 0 saturated carbocycles. The Kier molecular flexibility index (Phi) is 5.89. The molecule has 0 aliphatic carbocycles. The van der Waals surface area contributed by atoms with Crippen molar-refractivity contribution < 1.29 is 18.0 Å². The molecule has 5 nitrogen and oxygen atoms in total. The molecule has 172 valence electrons. The number of carbonyl (C=O) groups is 1. The minimum Gasteiger partial charge on any atom is -0.322 e. The van der Waals surface area contributed by atoms with Crippen LogP contribution in [0.3, 0.4) is 0 Å². The number of benzene rings is 2. The van der Waals surface area contributed by atoms with E-state index in [1.807, 2.05) is 6.07 Å². The fourth-order valence-corrected chi connectivity index (χ4v) is 4.94. The highest BCUT2D eigenvalue weighted by Crippen LogP contribution is 2.36. The molecule has 4 aromatic rings. The maximum absolute atomic E-state index is 13.0. The number of thiophene rings is 1. The summed E-state index contributed by atoms with van der Waals surface area (Å²) in [7, 11) is 0. The monoisotopic (exact) mass is 480 g/mol. The second-order valence-electron chi connectivity index (χ2n) is 7.85. The van der Waals surface area contributed by atoms with Crippen molar-refractivity contribution in [1.82, 2.24) is 15.3 Å². The highest BCUT2D eigenvalue weighted by atomic mass is 32.1. The van der Waals surface area contributed by atoms with Gasteiger partial charge in [-0.15, -0.1) is 11.3 Å². The zero-order valence-corrected chi connectivity index (χ0v) is 18.6. The third kappa shape index (κ3) is 4.57. The summed E-state index contributed by atoms with van der Waals surface area (Å²) in [5.41, 5.74) is 2.32. The maximum atomic E-state index is 13.0. The second kappa shape index (κ2) is 9.00. The quantitative estimate of drug-likeness (QED) is 0.376. The summed E-state index contributed by atoms with van der Waals surface area (Å²) in [6, 6.07) is 13.5. The zero-order chi connectivity index (χ0) is 23.7. The van der Waals surface area contributed by atoms with Crippen LogP contribution in [0.1, 0.15) is 27.2 Å². The van der Waals surface area contributed by atoms with Crippen LogP contribution in [0.25, 0.3) is 27.0 Å². The summed E-state index contributed by atoms with van der Waals surface area (Å²) in [5.74, 6) is -0.619. The lowest BCUT2D eigenvalue weighted by atomic mass is 10.0. The molecule has 1 amide bonds. The Labute approximate surface area is 197 Å². The van der Waals surface area contributed by atoms with Gasteiger partial charge in [0.25, 0.3) is 5.91 Å². The van der Waals surface area contributed by atoms with Gasteiger partial charge in [0, 0.05) is 33.6 Å². The third-order valence-electron chi connectivity index (χ3n) is 5.56. The van der Waals surface area contributed by atoms with Crippen LogP contribution >= 0.6 is 11.3 Å². The molecule has 0 saturated heterocycles. The molecule has 0 spiro atoms. The van der Waals surface area contributed by atoms with E-state index in [9.17, 15) is 18.0 Å². The van der Waals surface area contributed by atoms with Gasteiger partial charge in [-0.1, -0.05) is 24.3 Å². The number of aromatic nitrogens is 2. The van der Waals surface area contributed by atoms with E-state index in [-0.39, 0.29) is 5.56 Å². The predicted molar refractivity (Wildman–Crippen MR) is 128 cm³/mol. The molecule has 1 aliphatic rings. The van der Waals surface area contributed by atoms with Crippen LogP contribution in [0.15, 0.2) is 67.0 Å². The van der Waals surface area contributed by atoms with Crippen LogP contribution < -0.4 is 10.6 Å². The summed E-state index contributed by atoms with van der Waals surface area (Å²) in [4.78, 5) is 23.6. The number of anilines is 1. The number of rotatable bonds is 4. The minimum absolute atomic E-state index is 0.0672. The Morgan fingerprint density at radius 3 is 2.71 bits per heavy atom. The van der Waals surface area contributed by atoms with Gasteiger partial charge in [0.15, 0.2) is 0 Å². The van der Waals surface area contributed by atoms with Crippen molar-refractivity contribution >= 4 is 38.7 Å². The second-order valence-corrected chi connectivity index (χ2v) is 8.88. The summed E-state index contributed by atoms with van der Waals surface area (Å²) in [6.07, 6.45) is 0.138. The van der Waals surface area contributed by atoms with Gasteiger partial charge in [-0.2, -0.15) is 13.2 Å². The van der Waals surface area contributed by atoms with Gasteiger partial charge < -0.3 is 10.6 Å². The number of hydrogen-bond donors (Lipinski definition) is 2. The highest BCUT2D eigenvalue weighted by molar-refractivity contribution is 7.19. The Morgan fingerprint density at radius 1 is 1.06 bits per heavy atom. The van der Waals surface area contributed by atoms with E-state index in [1.165, 1.54) is 24.0 Å². The van der Waals surface area contributed by atoms with Gasteiger partial charge in [-0.3, -0.25) is 4.79 Å². The van der Waals surface area contributed by atoms with E-state index in [4.69, 9.17) is 0 Å². The minimum atomic E-state index is -4.52. The number of nitrogens with one attached hydrogen (secondary N) is 2. The van der Waals surface area contributed by atoms with Crippen molar-refractivity contribution in [3.63, 3.8) is 0 Å². The van der Waals surface area contributed by atoms with Gasteiger partial charge in [0.2, 0.25) is 0 Å². The van der Waals surface area contributed by atoms with Crippen molar-refractivity contribution in [2.75, 3.05) is 18.4 Å². The Bertz CT molecular complexity index is 1410. The van der Waals surface area contributed by atoms with Crippen molar-refractivity contribution in [2.24, 2.45) is 0 Å². The molecule has 0 unspecified atom stereocenters. The molecule has 0 radical (unpaired) electrons. The first-order valence-corrected chi connectivity index (χ1v) is 11.4. The first-order valence-electron chi connectivity index (χ1n) is 10.6. The molecule has 3 heterocycles. The number of carbonyl (C=O) groups excluding carboxylic acids is 1. The number of hydrogen-bond acceptors (Lipinski definition) is 5. The molecule has 34 heavy (non-hydrogen) atoms. The van der Waals surface area contributed by atoms with Crippen LogP contribution in [0.4, 0.5) is 18.9 Å². The smallest absolute Gasteiger partial charge is 0.322 e. The van der Waals surface area contributed by atoms with E-state index < -0.39 is 17.6 Å². The lowest BCUT2D eigenvalue weighted by Crippen LogP contribution is -2.19. The number of nitrogens with zero attached hydrogens (tertiary/aromatic N) is 2. The largest absolute Gasteiger partial charge is 0.416 e. The Hall–Kier alpha value is -3.56. The third-order valence-corrected chi connectivity index (χ3v) is 6.67. The average molecular weight is 481 g/mol. The molecular formula is C25H19F3N4OS. The standard InChI is InChI=1S/C25H19F3N4OS/c26-25(27,28)18-5-1-4-17(11-18)23(33)32-19-6-2-3-16(12-19)22-20-13-21(15-7-9-29-10-8-15)34-24(20)31-14-30-22/h1-7,11-14,29H,8-10H2,(H,32,33). The van der Waals surface area contributed by atoms with Crippen LogP contribution in [-0.4, -0.2) is 29.0 Å². The molecular weight excluding hydrogens is 461 g/mol. The van der Waals surface area contributed by atoms with E-state index in [0.29, 0.717) is 5.69 Å². The van der Waals surface area contributed by atoms with Crippen LogP contribution in [0, 0.1) is 0 Å². The number of amides is 1. The number of fused-ring (bicyclic) bond motifs is 1. The highest BCUT2D eigenvalue weighted by Gasteiger charge is 2.30. The fraction of sp³-hybridized carbons (Fsp3) is 0.160. The van der Waals surface area contributed by atoms with Crippen LogP contribution in [0.5, 0.6) is 0 Å². The summed E-state index contributed by atoms with van der Waals surface area (Å²) < 4.78 is 39.0. The molecule has 2 N–H and O–H groups in total. The molecule has 0 bridgehead atoms. The molecule has 0 fully saturated rings. The first kappa shape index (κ1) is 22.2. The van der Waals surface area contributed by atoms with Gasteiger partial charge >= 0.3 is 6.18 Å². The van der Waals surface area contributed by atoms with Gasteiger partial charge in [-0.25, -0.2) is 9.97 Å². The van der Waals surface area contributed by atoms with E-state index in [0.717, 1.165) is 58.0 Å². The summed E-state index contributed by atoms with van der Waals surface area (Å²) in [5, 5.41) is 6.92. The summed E-state index contributed by atoms with van der Waals surface area (Å²) >= 11 is 1.62. The molecule has 5 rings (SSSR count). The van der Waals surface area contributed by atoms with Gasteiger partial charge in [0.1, 0.15) is 11.2 Å². The average Bonchev–Trinajstić information content (AvgIpc) is 3.29. The Balaban J connectivity index is 1.44. The Morgan fingerprint density at radius 2 is 1.91 bits per heavy atom. The molecule has 2 aromatic heterocycles. The molecule has 2 aromatic carbocycles. The predicted octanol–water partition coefficient (Wildman–Crippen LogP) is 6.01. The van der Waals surface area contributed by atoms with E-state index in [2.05, 4.69) is 32.7 Å². The van der Waals surface area contributed by atoms with Gasteiger partial charge in [-0.05, 0) is 54.9 Å². The van der Waals surface area contributed by atoms with Crippen LogP contribution in [0.2, 0.25) is 0 Å². The van der Waals surface area contributed by atoms with Crippen LogP contribution in [-0.2, 0) is 6.18 Å². The fourth-order valence-electron chi connectivity index (χ4n) is 3.87. The van der Waals surface area contributed by atoms with Crippen molar-refractivity contribution in [2.45, 2.75) is 12.6 Å². The lowest BCUT2D eigenvalue weighted by molar-refractivity contribution is -0.137. The van der Waals surface area contributed by atoms with E-state index in [1.54, 1.807) is 29.5 Å². The normalized spacial score (nSPS) is 14.1. The van der Waals surface area contributed by atoms with Crippen molar-refractivity contribution in [3.05, 3.63) is 83.0 Å². The maximum Gasteiger partial charge on any atom is 0.416 e. The first-order chi connectivity index (χ1) is 16.4. The van der Waals surface area contributed by atoms with E-state index >= 15 is 0 Å². The lowest BCUT2D eigenvalue weighted by Gasteiger charge is -2.11. The van der Waals surface area contributed by atoms with Gasteiger partial charge in [0.05, 0.1) is 11.3 Å². The number of halogens is 3. The topological polar surface area (TPSA) is 66.9 Å². The summed E-state index contributed by atoms with van der Waals surface area (Å²) in [6.45, 7) is 1.78. The molecule has 0 atom stereocenters. The number of alkyl halides is 3. The van der Waals surface area contributed by atoms with Crippen molar-refractivity contribution in [1.29, 1.82) is 0 Å². The SMILES string of the molecule is O=C(Nc1cccc(-c2ncnc3sc(C4=CCNCC4)cc23)c1)c1cccc(C(F)(F)F)c1.